The monoisotopic (exact) mass is 376 g/mol. The minimum absolute atomic E-state index is 0.136. The number of aromatic amines is 1. The molecule has 2 aliphatic rings. The first-order valence-electron chi connectivity index (χ1n) is 9.18. The molecule has 1 spiro atoms. The molecule has 1 aliphatic carbocycles. The van der Waals surface area contributed by atoms with Crippen LogP contribution in [0.4, 0.5) is 0 Å². The van der Waals surface area contributed by atoms with Crippen LogP contribution in [0.3, 0.4) is 0 Å². The third-order valence-electron chi connectivity index (χ3n) is 5.79. The third kappa shape index (κ3) is 2.91. The summed E-state index contributed by atoms with van der Waals surface area (Å²) < 4.78 is 26.6. The molecule has 3 heterocycles. The maximum Gasteiger partial charge on any atom is 0.267 e. The highest BCUT2D eigenvalue weighted by Gasteiger charge is 2.61. The number of aromatic nitrogens is 2. The molecule has 1 saturated heterocycles. The van der Waals surface area contributed by atoms with E-state index in [1.807, 2.05) is 6.07 Å². The normalized spacial score (nSPS) is 26.3. The van der Waals surface area contributed by atoms with Crippen LogP contribution in [-0.2, 0) is 10.0 Å². The van der Waals surface area contributed by atoms with E-state index in [2.05, 4.69) is 15.3 Å². The lowest BCUT2D eigenvalue weighted by atomic mass is 10.0. The average molecular weight is 376 g/mol. The van der Waals surface area contributed by atoms with Crippen LogP contribution >= 0.6 is 0 Å². The van der Waals surface area contributed by atoms with Crippen molar-refractivity contribution >= 4 is 26.8 Å². The van der Waals surface area contributed by atoms with E-state index >= 15 is 0 Å². The van der Waals surface area contributed by atoms with Crippen LogP contribution in [0.15, 0.2) is 24.5 Å². The molecular weight excluding hydrogens is 352 g/mol. The van der Waals surface area contributed by atoms with Gasteiger partial charge in [0.05, 0.1) is 5.75 Å². The summed E-state index contributed by atoms with van der Waals surface area (Å²) in [7, 11) is -3.20. The number of carbonyl (C=O) groups excluding carboxylic acids is 1. The van der Waals surface area contributed by atoms with E-state index in [9.17, 15) is 13.2 Å². The summed E-state index contributed by atoms with van der Waals surface area (Å²) in [5, 5.41) is 3.87. The molecular formula is C18H24N4O3S. The Morgan fingerprint density at radius 3 is 3.08 bits per heavy atom. The fourth-order valence-electron chi connectivity index (χ4n) is 4.25. The van der Waals surface area contributed by atoms with Crippen molar-refractivity contribution in [3.8, 4) is 0 Å². The van der Waals surface area contributed by atoms with Crippen molar-refractivity contribution in [3.63, 3.8) is 0 Å². The summed E-state index contributed by atoms with van der Waals surface area (Å²) >= 11 is 0. The molecule has 2 aromatic rings. The predicted octanol–water partition coefficient (Wildman–Crippen LogP) is 1.89. The van der Waals surface area contributed by atoms with E-state index in [1.54, 1.807) is 29.7 Å². The number of H-pyrrole nitrogens is 1. The van der Waals surface area contributed by atoms with Crippen molar-refractivity contribution in [2.45, 2.75) is 38.1 Å². The number of pyridine rings is 1. The molecule has 2 unspecified atom stereocenters. The summed E-state index contributed by atoms with van der Waals surface area (Å²) in [4.78, 5) is 19.6. The smallest absolute Gasteiger partial charge is 0.267 e. The standard InChI is InChI=1S/C18H24N4O3S/c1-2-26(24,25)22-8-4-3-6-18(22)10-14(18)12-20-17(23)16-9-13-11-19-7-5-15(13)21-16/h5,7,9,11,14,21H,2-4,6,8,10,12H2,1H3,(H,20,23). The number of carbonyl (C=O) groups is 1. The van der Waals surface area contributed by atoms with E-state index in [4.69, 9.17) is 0 Å². The van der Waals surface area contributed by atoms with Crippen LogP contribution in [0.5, 0.6) is 0 Å². The molecule has 7 nitrogen and oxygen atoms in total. The Bertz CT molecular complexity index is 906. The summed E-state index contributed by atoms with van der Waals surface area (Å²) in [6.07, 6.45) is 7.10. The zero-order valence-electron chi connectivity index (χ0n) is 14.9. The van der Waals surface area contributed by atoms with Gasteiger partial charge < -0.3 is 10.3 Å². The summed E-state index contributed by atoms with van der Waals surface area (Å²) in [5.74, 6) is 0.166. The van der Waals surface area contributed by atoms with Crippen molar-refractivity contribution in [2.24, 2.45) is 5.92 Å². The molecule has 4 rings (SSSR count). The molecule has 8 heteroatoms. The van der Waals surface area contributed by atoms with Gasteiger partial charge in [0.25, 0.3) is 5.91 Å². The van der Waals surface area contributed by atoms with Gasteiger partial charge in [-0.15, -0.1) is 0 Å². The van der Waals surface area contributed by atoms with Gasteiger partial charge in [0.2, 0.25) is 10.0 Å². The van der Waals surface area contributed by atoms with Crippen LogP contribution in [0.25, 0.3) is 10.9 Å². The Kier molecular flexibility index (Phi) is 4.27. The molecule has 26 heavy (non-hydrogen) atoms. The lowest BCUT2D eigenvalue weighted by Crippen LogP contribution is -2.48. The van der Waals surface area contributed by atoms with Crippen LogP contribution < -0.4 is 5.32 Å². The lowest BCUT2D eigenvalue weighted by molar-refractivity contribution is 0.0944. The van der Waals surface area contributed by atoms with E-state index < -0.39 is 10.0 Å². The second-order valence-corrected chi connectivity index (χ2v) is 9.47. The second-order valence-electron chi connectivity index (χ2n) is 7.29. The maximum absolute atomic E-state index is 12.5. The van der Waals surface area contributed by atoms with E-state index in [0.29, 0.717) is 18.8 Å². The van der Waals surface area contributed by atoms with Crippen molar-refractivity contribution in [2.75, 3.05) is 18.8 Å². The van der Waals surface area contributed by atoms with E-state index in [-0.39, 0.29) is 23.1 Å². The predicted molar refractivity (Wildman–Crippen MR) is 99.3 cm³/mol. The molecule has 0 bridgehead atoms. The first kappa shape index (κ1) is 17.5. The molecule has 2 atom stereocenters. The fraction of sp³-hybridized carbons (Fsp3) is 0.556. The number of amides is 1. The summed E-state index contributed by atoms with van der Waals surface area (Å²) in [6.45, 7) is 2.80. The van der Waals surface area contributed by atoms with Crippen LogP contribution in [0, 0.1) is 5.92 Å². The number of sulfonamides is 1. The SMILES string of the molecule is CCS(=O)(=O)N1CCCCC12CC2CNC(=O)c1cc2cnccc2[nH]1. The largest absolute Gasteiger partial charge is 0.350 e. The molecule has 0 aromatic carbocycles. The molecule has 2 aromatic heterocycles. The van der Waals surface area contributed by atoms with Crippen molar-refractivity contribution in [1.82, 2.24) is 19.6 Å². The summed E-state index contributed by atoms with van der Waals surface area (Å²) in [5.41, 5.74) is 1.11. The van der Waals surface area contributed by atoms with Gasteiger partial charge in [0.15, 0.2) is 0 Å². The Hall–Kier alpha value is -1.93. The number of nitrogens with zero attached hydrogens (tertiary/aromatic N) is 2. The zero-order valence-corrected chi connectivity index (χ0v) is 15.7. The van der Waals surface area contributed by atoms with Crippen molar-refractivity contribution in [3.05, 3.63) is 30.2 Å². The third-order valence-corrected chi connectivity index (χ3v) is 7.74. The lowest BCUT2D eigenvalue weighted by Gasteiger charge is -2.36. The van der Waals surface area contributed by atoms with Crippen LogP contribution in [0.1, 0.15) is 43.1 Å². The minimum Gasteiger partial charge on any atom is -0.350 e. The van der Waals surface area contributed by atoms with Gasteiger partial charge in [0, 0.05) is 41.9 Å². The number of rotatable bonds is 5. The van der Waals surface area contributed by atoms with Crippen molar-refractivity contribution in [1.29, 1.82) is 0 Å². The molecule has 1 amide bonds. The highest BCUT2D eigenvalue weighted by molar-refractivity contribution is 7.89. The van der Waals surface area contributed by atoms with Gasteiger partial charge in [-0.3, -0.25) is 9.78 Å². The van der Waals surface area contributed by atoms with Gasteiger partial charge in [-0.1, -0.05) is 6.42 Å². The average Bonchev–Trinajstić information content (AvgIpc) is 3.13. The number of nitrogens with one attached hydrogen (secondary N) is 2. The van der Waals surface area contributed by atoms with Gasteiger partial charge in [-0.2, -0.15) is 4.31 Å². The Labute approximate surface area is 153 Å². The molecule has 1 aliphatic heterocycles. The minimum atomic E-state index is -3.20. The molecule has 0 radical (unpaired) electrons. The molecule has 140 valence electrons. The molecule has 2 N–H and O–H groups in total. The fourth-order valence-corrected chi connectivity index (χ4v) is 5.84. The Morgan fingerprint density at radius 2 is 2.31 bits per heavy atom. The first-order valence-corrected chi connectivity index (χ1v) is 10.8. The van der Waals surface area contributed by atoms with E-state index in [1.165, 1.54) is 0 Å². The van der Waals surface area contributed by atoms with Crippen molar-refractivity contribution < 1.29 is 13.2 Å². The number of piperidine rings is 1. The number of hydrogen-bond acceptors (Lipinski definition) is 4. The summed E-state index contributed by atoms with van der Waals surface area (Å²) in [6, 6.07) is 3.62. The molecule has 2 fully saturated rings. The van der Waals surface area contributed by atoms with Crippen LogP contribution in [-0.4, -0.2) is 53.0 Å². The number of hydrogen-bond donors (Lipinski definition) is 2. The van der Waals surface area contributed by atoms with Crippen LogP contribution in [0.2, 0.25) is 0 Å². The maximum atomic E-state index is 12.5. The number of fused-ring (bicyclic) bond motifs is 1. The Morgan fingerprint density at radius 1 is 1.46 bits per heavy atom. The highest BCUT2D eigenvalue weighted by Crippen LogP contribution is 2.54. The zero-order chi connectivity index (χ0) is 18.4. The Balaban J connectivity index is 1.43. The second kappa shape index (κ2) is 6.35. The molecule has 1 saturated carbocycles. The topological polar surface area (TPSA) is 95.2 Å². The van der Waals surface area contributed by atoms with E-state index in [0.717, 1.165) is 36.6 Å². The first-order chi connectivity index (χ1) is 12.5. The van der Waals surface area contributed by atoms with Gasteiger partial charge >= 0.3 is 0 Å². The quantitative estimate of drug-likeness (QED) is 0.833. The highest BCUT2D eigenvalue weighted by atomic mass is 32.2. The van der Waals surface area contributed by atoms with Gasteiger partial charge in [0.1, 0.15) is 5.69 Å². The van der Waals surface area contributed by atoms with Gasteiger partial charge in [-0.25, -0.2) is 8.42 Å². The van der Waals surface area contributed by atoms with Gasteiger partial charge in [-0.05, 0) is 44.2 Å².